The van der Waals surface area contributed by atoms with Crippen molar-refractivity contribution in [3.63, 3.8) is 0 Å². The summed E-state index contributed by atoms with van der Waals surface area (Å²) in [5.41, 5.74) is 0.216. The third kappa shape index (κ3) is 3.73. The Labute approximate surface area is 128 Å². The first kappa shape index (κ1) is 16.6. The Morgan fingerprint density at radius 1 is 1.43 bits per heavy atom. The molecule has 2 N–H and O–H groups in total. The second-order valence-electron chi connectivity index (χ2n) is 5.05. The van der Waals surface area contributed by atoms with Gasteiger partial charge in [0.15, 0.2) is 0 Å². The summed E-state index contributed by atoms with van der Waals surface area (Å²) < 4.78 is 46.5. The van der Waals surface area contributed by atoms with E-state index in [0.717, 1.165) is 6.07 Å². The fraction of sp³-hybridized carbons (Fsp3) is 0.538. The molecule has 1 aliphatic rings. The first-order chi connectivity index (χ1) is 9.87. The van der Waals surface area contributed by atoms with Gasteiger partial charge in [-0.3, -0.25) is 0 Å². The van der Waals surface area contributed by atoms with E-state index in [9.17, 15) is 12.8 Å². The lowest BCUT2D eigenvalue weighted by molar-refractivity contribution is 0.0236. The van der Waals surface area contributed by atoms with Crippen LogP contribution in [0.25, 0.3) is 0 Å². The van der Waals surface area contributed by atoms with Gasteiger partial charge < -0.3 is 10.1 Å². The molecule has 21 heavy (non-hydrogen) atoms. The number of rotatable bonds is 6. The molecule has 0 radical (unpaired) electrons. The topological polar surface area (TPSA) is 67.4 Å². The zero-order chi connectivity index (χ0) is 15.6. The molecule has 8 heteroatoms. The van der Waals surface area contributed by atoms with Crippen LogP contribution in [-0.4, -0.2) is 34.7 Å². The van der Waals surface area contributed by atoms with E-state index in [-0.39, 0.29) is 29.3 Å². The Hall–Kier alpha value is -0.730. The normalized spacial score (nSPS) is 22.1. The van der Waals surface area contributed by atoms with E-state index >= 15 is 0 Å². The van der Waals surface area contributed by atoms with Crippen molar-refractivity contribution in [2.75, 3.05) is 14.2 Å². The third-order valence-corrected chi connectivity index (χ3v) is 5.22. The maximum absolute atomic E-state index is 14.3. The maximum Gasteiger partial charge on any atom is 0.243 e. The van der Waals surface area contributed by atoms with E-state index < -0.39 is 20.7 Å². The average Bonchev–Trinajstić information content (AvgIpc) is 2.37. The minimum absolute atomic E-state index is 0.0572. The summed E-state index contributed by atoms with van der Waals surface area (Å²) in [6, 6.07) is 2.31. The predicted octanol–water partition coefficient (Wildman–Crippen LogP) is 1.65. The van der Waals surface area contributed by atoms with Gasteiger partial charge in [-0.2, -0.15) is 0 Å². The molecule has 2 rings (SSSR count). The first-order valence-corrected chi connectivity index (χ1v) is 8.41. The summed E-state index contributed by atoms with van der Waals surface area (Å²) in [6.07, 6.45) is 1.23. The highest BCUT2D eigenvalue weighted by atomic mass is 35.5. The Morgan fingerprint density at radius 3 is 2.67 bits per heavy atom. The van der Waals surface area contributed by atoms with Crippen molar-refractivity contribution in [3.8, 4) is 0 Å². The van der Waals surface area contributed by atoms with E-state index in [4.69, 9.17) is 16.3 Å². The summed E-state index contributed by atoms with van der Waals surface area (Å²) >= 11 is 5.89. The lowest BCUT2D eigenvalue weighted by atomic mass is 9.90. The molecule has 0 aromatic heterocycles. The van der Waals surface area contributed by atoms with Crippen molar-refractivity contribution in [2.24, 2.45) is 0 Å². The van der Waals surface area contributed by atoms with Crippen molar-refractivity contribution in [1.82, 2.24) is 10.0 Å². The highest BCUT2D eigenvalue weighted by Crippen LogP contribution is 2.27. The number of hydrogen-bond donors (Lipinski definition) is 2. The molecular formula is C13H18ClFN2O3S. The van der Waals surface area contributed by atoms with Crippen molar-refractivity contribution < 1.29 is 17.5 Å². The lowest BCUT2D eigenvalue weighted by Gasteiger charge is -2.34. The molecule has 5 nitrogen and oxygen atoms in total. The van der Waals surface area contributed by atoms with Gasteiger partial charge in [-0.1, -0.05) is 11.6 Å². The van der Waals surface area contributed by atoms with Crippen molar-refractivity contribution in [3.05, 3.63) is 28.5 Å². The molecule has 0 saturated heterocycles. The van der Waals surface area contributed by atoms with Crippen LogP contribution in [0.5, 0.6) is 0 Å². The Balaban J connectivity index is 2.23. The average molecular weight is 337 g/mol. The molecule has 0 spiro atoms. The van der Waals surface area contributed by atoms with Crippen molar-refractivity contribution in [1.29, 1.82) is 0 Å². The number of benzene rings is 1. The Morgan fingerprint density at radius 2 is 2.10 bits per heavy atom. The second kappa shape index (κ2) is 6.58. The van der Waals surface area contributed by atoms with E-state index in [1.54, 1.807) is 14.2 Å². The highest BCUT2D eigenvalue weighted by Gasteiger charge is 2.34. The van der Waals surface area contributed by atoms with Crippen LogP contribution in [0.3, 0.4) is 0 Å². The van der Waals surface area contributed by atoms with Crippen molar-refractivity contribution in [2.45, 2.75) is 36.4 Å². The van der Waals surface area contributed by atoms with E-state index in [2.05, 4.69) is 10.0 Å². The molecule has 1 aliphatic carbocycles. The summed E-state index contributed by atoms with van der Waals surface area (Å²) in [5, 5.41) is 2.96. The highest BCUT2D eigenvalue weighted by molar-refractivity contribution is 7.89. The maximum atomic E-state index is 14.3. The SMILES string of the molecule is CNCc1cc(Cl)cc(S(=O)(=O)NC2CC(OC)C2)c1F. The minimum Gasteiger partial charge on any atom is -0.381 e. The van der Waals surface area contributed by atoms with Crippen LogP contribution in [0.15, 0.2) is 17.0 Å². The molecule has 1 aromatic carbocycles. The van der Waals surface area contributed by atoms with Crippen molar-refractivity contribution >= 4 is 21.6 Å². The summed E-state index contributed by atoms with van der Waals surface area (Å²) in [4.78, 5) is -0.416. The fourth-order valence-corrected chi connectivity index (χ4v) is 3.98. The van der Waals surface area contributed by atoms with Crippen LogP contribution in [0, 0.1) is 5.82 Å². The van der Waals surface area contributed by atoms with Gasteiger partial charge in [0.05, 0.1) is 6.10 Å². The predicted molar refractivity (Wildman–Crippen MR) is 78.3 cm³/mol. The van der Waals surface area contributed by atoms with E-state index in [1.807, 2.05) is 0 Å². The van der Waals surface area contributed by atoms with Crippen LogP contribution >= 0.6 is 11.6 Å². The van der Waals surface area contributed by atoms with Gasteiger partial charge in [-0.15, -0.1) is 0 Å². The van der Waals surface area contributed by atoms with E-state index in [1.165, 1.54) is 6.07 Å². The quantitative estimate of drug-likeness (QED) is 0.829. The summed E-state index contributed by atoms with van der Waals surface area (Å²) in [5.74, 6) is -0.774. The molecular weight excluding hydrogens is 319 g/mol. The number of halogens is 2. The van der Waals surface area contributed by atoms with Gasteiger partial charge in [0.1, 0.15) is 10.7 Å². The molecule has 0 bridgehead atoms. The fourth-order valence-electron chi connectivity index (χ4n) is 2.27. The minimum atomic E-state index is -3.94. The lowest BCUT2D eigenvalue weighted by Crippen LogP contribution is -2.47. The number of nitrogens with one attached hydrogen (secondary N) is 2. The van der Waals surface area contributed by atoms with Crippen LogP contribution in [0.4, 0.5) is 4.39 Å². The number of sulfonamides is 1. The van der Waals surface area contributed by atoms with Gasteiger partial charge >= 0.3 is 0 Å². The van der Waals surface area contributed by atoms with Gasteiger partial charge in [-0.25, -0.2) is 17.5 Å². The zero-order valence-electron chi connectivity index (χ0n) is 11.8. The first-order valence-electron chi connectivity index (χ1n) is 6.55. The molecule has 0 aliphatic heterocycles. The van der Waals surface area contributed by atoms with Gasteiger partial charge in [0.25, 0.3) is 0 Å². The van der Waals surface area contributed by atoms with Crippen LogP contribution < -0.4 is 10.0 Å². The molecule has 1 aromatic rings. The smallest absolute Gasteiger partial charge is 0.243 e. The molecule has 0 unspecified atom stereocenters. The van der Waals surface area contributed by atoms with E-state index in [0.29, 0.717) is 12.8 Å². The molecule has 0 heterocycles. The number of methoxy groups -OCH3 is 1. The molecule has 118 valence electrons. The van der Waals surface area contributed by atoms with Crippen LogP contribution in [0.1, 0.15) is 18.4 Å². The Kier molecular flexibility index (Phi) is 5.21. The monoisotopic (exact) mass is 336 g/mol. The summed E-state index contributed by atoms with van der Waals surface area (Å²) in [7, 11) is -0.715. The second-order valence-corrected chi connectivity index (χ2v) is 7.17. The zero-order valence-corrected chi connectivity index (χ0v) is 13.4. The molecule has 1 fully saturated rings. The van der Waals surface area contributed by atoms with Crippen LogP contribution in [-0.2, 0) is 21.3 Å². The van der Waals surface area contributed by atoms with Gasteiger partial charge in [0, 0.05) is 30.3 Å². The molecule has 1 saturated carbocycles. The van der Waals surface area contributed by atoms with Crippen LogP contribution in [0.2, 0.25) is 5.02 Å². The molecule has 0 amide bonds. The standard InChI is InChI=1S/C13H18ClFN2O3S/c1-16-7-8-3-9(14)4-12(13(8)15)21(18,19)17-10-5-11(6-10)20-2/h3-4,10-11,16-17H,5-7H2,1-2H3. The Bertz CT molecular complexity index is 618. The number of hydrogen-bond acceptors (Lipinski definition) is 4. The number of ether oxygens (including phenoxy) is 1. The largest absolute Gasteiger partial charge is 0.381 e. The third-order valence-electron chi connectivity index (χ3n) is 3.49. The van der Waals surface area contributed by atoms with Gasteiger partial charge in [0.2, 0.25) is 10.0 Å². The summed E-state index contributed by atoms with van der Waals surface area (Å²) in [6.45, 7) is 0.199. The van der Waals surface area contributed by atoms with Gasteiger partial charge in [-0.05, 0) is 32.0 Å². The molecule has 0 atom stereocenters.